The zero-order valence-electron chi connectivity index (χ0n) is 14.6. The summed E-state index contributed by atoms with van der Waals surface area (Å²) in [5.74, 6) is -0.571. The van der Waals surface area contributed by atoms with E-state index in [0.29, 0.717) is 23.5 Å². The molecule has 0 saturated carbocycles. The molecular formula is C19H20FNO5. The van der Waals surface area contributed by atoms with Crippen LogP contribution in [0, 0.1) is 5.82 Å². The number of methoxy groups -OCH3 is 2. The monoisotopic (exact) mass is 361 g/mol. The quantitative estimate of drug-likeness (QED) is 0.731. The third-order valence-electron chi connectivity index (χ3n) is 3.63. The van der Waals surface area contributed by atoms with Gasteiger partial charge in [-0.3, -0.25) is 4.79 Å². The maximum atomic E-state index is 13.5. The lowest BCUT2D eigenvalue weighted by Gasteiger charge is -2.10. The predicted molar refractivity (Wildman–Crippen MR) is 92.9 cm³/mol. The van der Waals surface area contributed by atoms with E-state index in [1.807, 2.05) is 0 Å². The number of rotatable bonds is 8. The molecule has 0 aromatic heterocycles. The molecule has 0 bridgehead atoms. The van der Waals surface area contributed by atoms with Crippen molar-refractivity contribution < 1.29 is 28.2 Å². The summed E-state index contributed by atoms with van der Waals surface area (Å²) in [6, 6.07) is 10.9. The van der Waals surface area contributed by atoms with Gasteiger partial charge in [-0.1, -0.05) is 18.2 Å². The highest BCUT2D eigenvalue weighted by atomic mass is 19.1. The molecule has 2 aromatic carbocycles. The van der Waals surface area contributed by atoms with Crippen molar-refractivity contribution in [1.82, 2.24) is 5.32 Å². The van der Waals surface area contributed by atoms with Crippen LogP contribution in [0.1, 0.15) is 15.9 Å². The van der Waals surface area contributed by atoms with Crippen LogP contribution in [0.4, 0.5) is 4.39 Å². The average Bonchev–Trinajstić information content (AvgIpc) is 2.67. The van der Waals surface area contributed by atoms with Gasteiger partial charge in [0.2, 0.25) is 0 Å². The second-order valence-electron chi connectivity index (χ2n) is 5.34. The Kier molecular flexibility index (Phi) is 6.96. The molecule has 1 amide bonds. The molecule has 0 aliphatic heterocycles. The van der Waals surface area contributed by atoms with Crippen molar-refractivity contribution in [2.45, 2.75) is 6.42 Å². The summed E-state index contributed by atoms with van der Waals surface area (Å²) < 4.78 is 28.6. The van der Waals surface area contributed by atoms with E-state index < -0.39 is 18.5 Å². The third kappa shape index (κ3) is 5.20. The third-order valence-corrected chi connectivity index (χ3v) is 3.63. The summed E-state index contributed by atoms with van der Waals surface area (Å²) in [4.78, 5) is 23.8. The van der Waals surface area contributed by atoms with E-state index in [9.17, 15) is 14.0 Å². The number of benzene rings is 2. The first kappa shape index (κ1) is 19.2. The number of carbonyl (C=O) groups is 2. The smallest absolute Gasteiger partial charge is 0.338 e. The Bertz CT molecular complexity index is 778. The van der Waals surface area contributed by atoms with Crippen LogP contribution in [-0.2, 0) is 16.0 Å². The van der Waals surface area contributed by atoms with Crippen LogP contribution in [-0.4, -0.2) is 39.2 Å². The molecule has 0 aliphatic rings. The first-order valence-electron chi connectivity index (χ1n) is 7.94. The normalized spacial score (nSPS) is 10.1. The molecular weight excluding hydrogens is 341 g/mol. The van der Waals surface area contributed by atoms with E-state index in [2.05, 4.69) is 5.32 Å². The van der Waals surface area contributed by atoms with Gasteiger partial charge < -0.3 is 19.5 Å². The summed E-state index contributed by atoms with van der Waals surface area (Å²) >= 11 is 0. The highest BCUT2D eigenvalue weighted by Gasteiger charge is 2.13. The van der Waals surface area contributed by atoms with Crippen LogP contribution in [0.15, 0.2) is 42.5 Å². The van der Waals surface area contributed by atoms with E-state index >= 15 is 0 Å². The lowest BCUT2D eigenvalue weighted by atomic mass is 10.1. The summed E-state index contributed by atoms with van der Waals surface area (Å²) in [5.41, 5.74) is 0.747. The minimum atomic E-state index is -0.657. The summed E-state index contributed by atoms with van der Waals surface area (Å²) in [6.45, 7) is -0.182. The van der Waals surface area contributed by atoms with E-state index in [1.54, 1.807) is 24.3 Å². The van der Waals surface area contributed by atoms with Crippen molar-refractivity contribution >= 4 is 11.9 Å². The molecule has 0 radical (unpaired) electrons. The Morgan fingerprint density at radius 1 is 1.04 bits per heavy atom. The molecule has 0 aliphatic carbocycles. The highest BCUT2D eigenvalue weighted by molar-refractivity contribution is 5.92. The molecule has 26 heavy (non-hydrogen) atoms. The van der Waals surface area contributed by atoms with Gasteiger partial charge >= 0.3 is 5.97 Å². The van der Waals surface area contributed by atoms with Crippen LogP contribution >= 0.6 is 0 Å². The van der Waals surface area contributed by atoms with Crippen LogP contribution < -0.4 is 14.8 Å². The van der Waals surface area contributed by atoms with Gasteiger partial charge in [0.05, 0.1) is 19.8 Å². The molecule has 2 rings (SSSR count). The van der Waals surface area contributed by atoms with E-state index in [4.69, 9.17) is 14.2 Å². The second kappa shape index (κ2) is 9.41. The van der Waals surface area contributed by atoms with Crippen molar-refractivity contribution in [3.63, 3.8) is 0 Å². The minimum absolute atomic E-state index is 0.238. The number of nitrogens with one attached hydrogen (secondary N) is 1. The van der Waals surface area contributed by atoms with Crippen molar-refractivity contribution in [2.75, 3.05) is 27.4 Å². The lowest BCUT2D eigenvalue weighted by molar-refractivity contribution is -0.124. The topological polar surface area (TPSA) is 73.9 Å². The van der Waals surface area contributed by atoms with Gasteiger partial charge in [0, 0.05) is 6.54 Å². The number of ether oxygens (including phenoxy) is 3. The fourth-order valence-electron chi connectivity index (χ4n) is 2.27. The number of amides is 1. The Morgan fingerprint density at radius 3 is 2.46 bits per heavy atom. The summed E-state index contributed by atoms with van der Waals surface area (Å²) in [6.07, 6.45) is 0.349. The Labute approximate surface area is 150 Å². The zero-order valence-corrected chi connectivity index (χ0v) is 14.6. The van der Waals surface area contributed by atoms with Crippen LogP contribution in [0.25, 0.3) is 0 Å². The van der Waals surface area contributed by atoms with Gasteiger partial charge in [-0.2, -0.15) is 0 Å². The average molecular weight is 361 g/mol. The van der Waals surface area contributed by atoms with E-state index in [1.165, 1.54) is 32.4 Å². The molecule has 0 unspecified atom stereocenters. The molecule has 6 nitrogen and oxygen atoms in total. The molecule has 0 heterocycles. The predicted octanol–water partition coefficient (Wildman–Crippen LogP) is 2.36. The maximum absolute atomic E-state index is 13.5. The molecule has 2 aromatic rings. The minimum Gasteiger partial charge on any atom is -0.493 e. The number of hydrogen-bond acceptors (Lipinski definition) is 5. The lowest BCUT2D eigenvalue weighted by Crippen LogP contribution is -2.30. The van der Waals surface area contributed by atoms with Crippen molar-refractivity contribution in [2.24, 2.45) is 0 Å². The van der Waals surface area contributed by atoms with Crippen molar-refractivity contribution in [3.8, 4) is 11.5 Å². The molecule has 138 valence electrons. The molecule has 0 atom stereocenters. The van der Waals surface area contributed by atoms with Gasteiger partial charge in [0.15, 0.2) is 18.1 Å². The highest BCUT2D eigenvalue weighted by Crippen LogP contribution is 2.27. The van der Waals surface area contributed by atoms with Crippen LogP contribution in [0.5, 0.6) is 11.5 Å². The number of halogens is 1. The van der Waals surface area contributed by atoms with Gasteiger partial charge in [0.25, 0.3) is 5.91 Å². The van der Waals surface area contributed by atoms with E-state index in [0.717, 1.165) is 0 Å². The second-order valence-corrected chi connectivity index (χ2v) is 5.34. The largest absolute Gasteiger partial charge is 0.493 e. The Balaban J connectivity index is 1.80. The SMILES string of the molecule is COc1ccc(C(=O)OCC(=O)NCCc2ccccc2F)cc1OC. The molecule has 0 saturated heterocycles. The van der Waals surface area contributed by atoms with Gasteiger partial charge in [-0.15, -0.1) is 0 Å². The zero-order chi connectivity index (χ0) is 18.9. The Hall–Kier alpha value is -3.09. The maximum Gasteiger partial charge on any atom is 0.338 e. The van der Waals surface area contributed by atoms with Crippen LogP contribution in [0.3, 0.4) is 0 Å². The number of carbonyl (C=O) groups excluding carboxylic acids is 2. The van der Waals surface area contributed by atoms with Crippen molar-refractivity contribution in [1.29, 1.82) is 0 Å². The fraction of sp³-hybridized carbons (Fsp3) is 0.263. The standard InChI is InChI=1S/C19H20FNO5/c1-24-16-8-7-14(11-17(16)25-2)19(23)26-12-18(22)21-10-9-13-5-3-4-6-15(13)20/h3-8,11H,9-10,12H2,1-2H3,(H,21,22). The van der Waals surface area contributed by atoms with Crippen molar-refractivity contribution in [3.05, 3.63) is 59.4 Å². The summed E-state index contributed by atoms with van der Waals surface area (Å²) in [5, 5.41) is 2.58. The number of hydrogen-bond donors (Lipinski definition) is 1. The first-order valence-corrected chi connectivity index (χ1v) is 7.94. The number of esters is 1. The van der Waals surface area contributed by atoms with Crippen LogP contribution in [0.2, 0.25) is 0 Å². The van der Waals surface area contributed by atoms with Gasteiger partial charge in [-0.25, -0.2) is 9.18 Å². The summed E-state index contributed by atoms with van der Waals surface area (Å²) in [7, 11) is 2.94. The fourth-order valence-corrected chi connectivity index (χ4v) is 2.27. The van der Waals surface area contributed by atoms with E-state index in [-0.39, 0.29) is 17.9 Å². The molecule has 0 fully saturated rings. The van der Waals surface area contributed by atoms with Gasteiger partial charge in [0.1, 0.15) is 5.82 Å². The molecule has 0 spiro atoms. The molecule has 7 heteroatoms. The van der Waals surface area contributed by atoms with Gasteiger partial charge in [-0.05, 0) is 36.2 Å². The first-order chi connectivity index (χ1) is 12.5. The molecule has 1 N–H and O–H groups in total. The Morgan fingerprint density at radius 2 is 1.77 bits per heavy atom.